The van der Waals surface area contributed by atoms with Gasteiger partial charge in [-0.1, -0.05) is 0 Å². The van der Waals surface area contributed by atoms with Gasteiger partial charge in [-0.05, 0) is 19.3 Å². The van der Waals surface area contributed by atoms with Crippen LogP contribution < -0.4 is 10.7 Å². The van der Waals surface area contributed by atoms with E-state index < -0.39 is 18.7 Å². The summed E-state index contributed by atoms with van der Waals surface area (Å²) in [5, 5.41) is 15.4. The van der Waals surface area contributed by atoms with Crippen LogP contribution in [0.1, 0.15) is 32.1 Å². The number of hydrogen-bond acceptors (Lipinski definition) is 6. The topological polar surface area (TPSA) is 126 Å². The van der Waals surface area contributed by atoms with Crippen molar-refractivity contribution < 1.29 is 29.0 Å². The van der Waals surface area contributed by atoms with Crippen LogP contribution in [0, 0.1) is 0 Å². The first-order valence-electron chi connectivity index (χ1n) is 7.59. The average Bonchev–Trinajstić information content (AvgIpc) is 2.53. The maximum Gasteiger partial charge on any atom is 0.329 e. The van der Waals surface area contributed by atoms with Crippen LogP contribution in [-0.2, 0) is 23.9 Å². The largest absolute Gasteiger partial charge is 0.480 e. The Morgan fingerprint density at radius 1 is 1.43 bits per heavy atom. The number of carbonyl (C=O) groups excluding carboxylic acids is 2. The van der Waals surface area contributed by atoms with Gasteiger partial charge in [-0.3, -0.25) is 9.59 Å². The second-order valence-electron chi connectivity index (χ2n) is 5.49. The second-order valence-corrected chi connectivity index (χ2v) is 5.49. The van der Waals surface area contributed by atoms with E-state index in [1.54, 1.807) is 0 Å². The van der Waals surface area contributed by atoms with Gasteiger partial charge in [0.1, 0.15) is 12.7 Å². The summed E-state index contributed by atoms with van der Waals surface area (Å²) in [7, 11) is 0. The number of amides is 2. The first kappa shape index (κ1) is 17.4. The average molecular weight is 327 g/mol. The second kappa shape index (κ2) is 8.59. The summed E-state index contributed by atoms with van der Waals surface area (Å²) >= 11 is 0. The van der Waals surface area contributed by atoms with Gasteiger partial charge in [-0.25, -0.2) is 10.2 Å². The van der Waals surface area contributed by atoms with Crippen molar-refractivity contribution in [3.63, 3.8) is 0 Å². The summed E-state index contributed by atoms with van der Waals surface area (Å²) in [6.07, 6.45) is 1.82. The van der Waals surface area contributed by atoms with Crippen molar-refractivity contribution in [3.05, 3.63) is 0 Å². The van der Waals surface area contributed by atoms with Gasteiger partial charge < -0.3 is 19.9 Å². The van der Waals surface area contributed by atoms with E-state index in [0.717, 1.165) is 5.71 Å². The Morgan fingerprint density at radius 3 is 2.96 bits per heavy atom. The van der Waals surface area contributed by atoms with Crippen molar-refractivity contribution in [1.82, 2.24) is 10.7 Å². The third-order valence-corrected chi connectivity index (χ3v) is 3.69. The Bertz CT molecular complexity index is 493. The van der Waals surface area contributed by atoms with Gasteiger partial charge in [0.05, 0.1) is 12.6 Å². The maximum atomic E-state index is 12.0. The van der Waals surface area contributed by atoms with Gasteiger partial charge in [0, 0.05) is 25.2 Å². The lowest BCUT2D eigenvalue weighted by atomic mass is 10.0. The van der Waals surface area contributed by atoms with Crippen LogP contribution in [0.2, 0.25) is 0 Å². The van der Waals surface area contributed by atoms with Crippen LogP contribution >= 0.6 is 0 Å². The SMILES string of the molecule is O=C(O)CO[C@@H]1COCC[C@H]1NC(=O)CCC1=NNC(=O)CC1. The first-order chi connectivity index (χ1) is 11.0. The van der Waals surface area contributed by atoms with E-state index in [9.17, 15) is 14.4 Å². The predicted octanol–water partition coefficient (Wildman–Crippen LogP) is -0.592. The minimum Gasteiger partial charge on any atom is -0.480 e. The fourth-order valence-corrected chi connectivity index (χ4v) is 2.45. The molecule has 0 aromatic carbocycles. The zero-order valence-corrected chi connectivity index (χ0v) is 12.7. The smallest absolute Gasteiger partial charge is 0.329 e. The molecule has 2 aliphatic heterocycles. The number of nitrogens with zero attached hydrogens (tertiary/aromatic N) is 1. The molecule has 0 radical (unpaired) electrons. The van der Waals surface area contributed by atoms with Crippen LogP contribution in [-0.4, -0.2) is 60.6 Å². The molecular weight excluding hydrogens is 306 g/mol. The molecule has 2 atom stereocenters. The Kier molecular flexibility index (Phi) is 6.48. The van der Waals surface area contributed by atoms with E-state index in [2.05, 4.69) is 15.8 Å². The molecule has 0 bridgehead atoms. The Labute approximate surface area is 133 Å². The number of hydrazone groups is 1. The summed E-state index contributed by atoms with van der Waals surface area (Å²) < 4.78 is 10.5. The fourth-order valence-electron chi connectivity index (χ4n) is 2.45. The number of carboxylic acids is 1. The third-order valence-electron chi connectivity index (χ3n) is 3.69. The fraction of sp³-hybridized carbons (Fsp3) is 0.714. The summed E-state index contributed by atoms with van der Waals surface area (Å²) in [5.41, 5.74) is 3.19. The summed E-state index contributed by atoms with van der Waals surface area (Å²) in [6, 6.07) is -0.261. The lowest BCUT2D eigenvalue weighted by Gasteiger charge is -2.31. The minimum atomic E-state index is -1.06. The molecule has 0 aliphatic carbocycles. The normalized spacial score (nSPS) is 24.5. The maximum absolute atomic E-state index is 12.0. The highest BCUT2D eigenvalue weighted by Crippen LogP contribution is 2.12. The number of carbonyl (C=O) groups is 3. The lowest BCUT2D eigenvalue weighted by Crippen LogP contribution is -2.50. The van der Waals surface area contributed by atoms with Gasteiger partial charge in [-0.15, -0.1) is 0 Å². The third kappa shape index (κ3) is 5.95. The highest BCUT2D eigenvalue weighted by Gasteiger charge is 2.28. The minimum absolute atomic E-state index is 0.112. The molecule has 0 aromatic rings. The number of hydrogen-bond donors (Lipinski definition) is 3. The zero-order chi connectivity index (χ0) is 16.7. The van der Waals surface area contributed by atoms with E-state index in [0.29, 0.717) is 32.3 Å². The van der Waals surface area contributed by atoms with Gasteiger partial charge in [0.2, 0.25) is 11.8 Å². The Morgan fingerprint density at radius 2 is 2.26 bits per heavy atom. The zero-order valence-electron chi connectivity index (χ0n) is 12.7. The summed E-state index contributed by atoms with van der Waals surface area (Å²) in [6.45, 7) is 0.338. The Balaban J connectivity index is 1.75. The van der Waals surface area contributed by atoms with Crippen LogP contribution in [0.4, 0.5) is 0 Å². The highest BCUT2D eigenvalue weighted by atomic mass is 16.5. The van der Waals surface area contributed by atoms with E-state index in [4.69, 9.17) is 14.6 Å². The van der Waals surface area contributed by atoms with Crippen molar-refractivity contribution in [2.45, 2.75) is 44.2 Å². The van der Waals surface area contributed by atoms with Crippen molar-refractivity contribution in [2.24, 2.45) is 5.10 Å². The van der Waals surface area contributed by atoms with Crippen LogP contribution in [0.25, 0.3) is 0 Å². The van der Waals surface area contributed by atoms with E-state index in [-0.39, 0.29) is 30.9 Å². The molecule has 128 valence electrons. The van der Waals surface area contributed by atoms with Crippen molar-refractivity contribution in [3.8, 4) is 0 Å². The first-order valence-corrected chi connectivity index (χ1v) is 7.59. The molecule has 2 aliphatic rings. The summed E-state index contributed by atoms with van der Waals surface area (Å²) in [4.78, 5) is 33.6. The molecule has 0 saturated carbocycles. The number of carboxylic acid groups (broad SMARTS) is 1. The molecular formula is C14H21N3O6. The quantitative estimate of drug-likeness (QED) is 0.573. The van der Waals surface area contributed by atoms with Crippen LogP contribution in [0.15, 0.2) is 5.10 Å². The standard InChI is InChI=1S/C14H21N3O6/c18-12(3-1-9-2-4-13(19)17-16-9)15-10-5-6-22-7-11(10)23-8-14(20)21/h10-11H,1-8H2,(H,15,18)(H,17,19)(H,20,21)/t10-,11-/m1/s1. The van der Waals surface area contributed by atoms with Crippen molar-refractivity contribution in [1.29, 1.82) is 0 Å². The van der Waals surface area contributed by atoms with Gasteiger partial charge in [0.25, 0.3) is 0 Å². The highest BCUT2D eigenvalue weighted by molar-refractivity contribution is 5.94. The van der Waals surface area contributed by atoms with Crippen LogP contribution in [0.5, 0.6) is 0 Å². The van der Waals surface area contributed by atoms with Crippen molar-refractivity contribution in [2.75, 3.05) is 19.8 Å². The van der Waals surface area contributed by atoms with Gasteiger partial charge >= 0.3 is 5.97 Å². The van der Waals surface area contributed by atoms with Gasteiger partial charge in [0.15, 0.2) is 0 Å². The number of nitrogens with one attached hydrogen (secondary N) is 2. The lowest BCUT2D eigenvalue weighted by molar-refractivity contribution is -0.149. The molecule has 0 unspecified atom stereocenters. The van der Waals surface area contributed by atoms with E-state index in [1.807, 2.05) is 0 Å². The Hall–Kier alpha value is -2.00. The molecule has 9 heteroatoms. The number of ether oxygens (including phenoxy) is 2. The van der Waals surface area contributed by atoms with Crippen molar-refractivity contribution >= 4 is 23.5 Å². The summed E-state index contributed by atoms with van der Waals surface area (Å²) in [5.74, 6) is -1.32. The molecule has 3 N–H and O–H groups in total. The molecule has 9 nitrogen and oxygen atoms in total. The van der Waals surface area contributed by atoms with Gasteiger partial charge in [-0.2, -0.15) is 5.10 Å². The monoisotopic (exact) mass is 327 g/mol. The molecule has 0 spiro atoms. The molecule has 2 heterocycles. The number of rotatable bonds is 7. The van der Waals surface area contributed by atoms with E-state index >= 15 is 0 Å². The molecule has 1 saturated heterocycles. The molecule has 2 rings (SSSR count). The molecule has 1 fully saturated rings. The van der Waals surface area contributed by atoms with Crippen LogP contribution in [0.3, 0.4) is 0 Å². The number of aliphatic carboxylic acids is 1. The molecule has 23 heavy (non-hydrogen) atoms. The van der Waals surface area contributed by atoms with E-state index in [1.165, 1.54) is 0 Å². The predicted molar refractivity (Wildman–Crippen MR) is 78.8 cm³/mol. The molecule has 0 aromatic heterocycles. The molecule has 2 amide bonds.